The number of carboxylic acids is 1. The SMILES string of the molecule is CC1(C)S[C@@H]2[C@@H](NC(=O)C(NC(=O)OCc3ccc([N+](=O)[O-])cc3)c3ccc(OC(=O)OCc4ccccc4)cc3)C(=O)N2[C@@]1(N)C(=O)O. The topological polar surface area (TPSA) is 230 Å². The molecule has 0 aliphatic carbocycles. The van der Waals surface area contributed by atoms with Crippen LogP contribution in [-0.2, 0) is 37.1 Å². The number of ether oxygens (including phenoxy) is 3. The molecule has 2 fully saturated rings. The van der Waals surface area contributed by atoms with E-state index in [0.717, 1.165) is 22.2 Å². The Morgan fingerprint density at radius 3 is 2.20 bits per heavy atom. The fourth-order valence-electron chi connectivity index (χ4n) is 5.26. The van der Waals surface area contributed by atoms with Crippen LogP contribution in [0, 0.1) is 10.1 Å². The Hall–Kier alpha value is -5.68. The third-order valence-electron chi connectivity index (χ3n) is 8.04. The first-order valence-electron chi connectivity index (χ1n) is 14.7. The molecule has 1 unspecified atom stereocenters. The Balaban J connectivity index is 1.28. The first-order chi connectivity index (χ1) is 23.2. The van der Waals surface area contributed by atoms with Gasteiger partial charge in [0.15, 0.2) is 0 Å². The zero-order chi connectivity index (χ0) is 35.5. The maximum absolute atomic E-state index is 13.7. The first-order valence-corrected chi connectivity index (χ1v) is 15.6. The lowest BCUT2D eigenvalue weighted by molar-refractivity contribution is -0.384. The fourth-order valence-corrected chi connectivity index (χ4v) is 6.93. The zero-order valence-electron chi connectivity index (χ0n) is 26.1. The number of rotatable bonds is 11. The number of fused-ring (bicyclic) bond motifs is 1. The van der Waals surface area contributed by atoms with Gasteiger partial charge in [-0.3, -0.25) is 30.3 Å². The minimum absolute atomic E-state index is 0.0164. The molecule has 16 nitrogen and oxygen atoms in total. The van der Waals surface area contributed by atoms with Crippen molar-refractivity contribution < 1.29 is 48.2 Å². The maximum atomic E-state index is 13.7. The van der Waals surface area contributed by atoms with Crippen molar-refractivity contribution in [1.82, 2.24) is 15.5 Å². The Morgan fingerprint density at radius 1 is 0.980 bits per heavy atom. The average Bonchev–Trinajstić information content (AvgIpc) is 3.28. The number of carbonyl (C=O) groups is 5. The van der Waals surface area contributed by atoms with Gasteiger partial charge in [-0.25, -0.2) is 14.4 Å². The predicted molar refractivity (Wildman–Crippen MR) is 172 cm³/mol. The summed E-state index contributed by atoms with van der Waals surface area (Å²) < 4.78 is 14.5. The molecule has 3 aromatic rings. The molecular weight excluding hydrogens is 662 g/mol. The molecule has 2 aliphatic heterocycles. The molecule has 2 saturated heterocycles. The molecule has 2 heterocycles. The van der Waals surface area contributed by atoms with Crippen molar-refractivity contribution in [3.63, 3.8) is 0 Å². The number of carbonyl (C=O) groups excluding carboxylic acids is 4. The number of benzene rings is 3. The van der Waals surface area contributed by atoms with Crippen molar-refractivity contribution in [2.45, 2.75) is 54.9 Å². The minimum atomic E-state index is -2.02. The number of amides is 3. The molecule has 0 bridgehead atoms. The van der Waals surface area contributed by atoms with E-state index in [4.69, 9.17) is 19.9 Å². The number of nitrogens with one attached hydrogen (secondary N) is 2. The number of β-lactam (4-membered cyclic amide) rings is 1. The van der Waals surface area contributed by atoms with Gasteiger partial charge in [0.1, 0.15) is 36.4 Å². The summed E-state index contributed by atoms with van der Waals surface area (Å²) in [7, 11) is 0. The molecule has 5 rings (SSSR count). The average molecular weight is 694 g/mol. The fraction of sp³-hybridized carbons (Fsp3) is 0.281. The van der Waals surface area contributed by atoms with E-state index in [0.29, 0.717) is 5.56 Å². The van der Waals surface area contributed by atoms with Crippen LogP contribution in [0.1, 0.15) is 36.6 Å². The van der Waals surface area contributed by atoms with Crippen LogP contribution in [0.15, 0.2) is 78.9 Å². The predicted octanol–water partition coefficient (Wildman–Crippen LogP) is 3.20. The number of aliphatic carboxylic acids is 1. The number of nitro benzene ring substituents is 1. The van der Waals surface area contributed by atoms with E-state index in [9.17, 15) is 39.2 Å². The van der Waals surface area contributed by atoms with Crippen LogP contribution in [0.25, 0.3) is 0 Å². The number of non-ortho nitro benzene ring substituents is 1. The van der Waals surface area contributed by atoms with E-state index < -0.39 is 62.8 Å². The summed E-state index contributed by atoms with van der Waals surface area (Å²) in [4.78, 5) is 75.3. The standard InChI is InChI=1S/C32H31N5O11S/c1-31(2)32(33,28(40)41)36-26(39)24(27(36)49-31)34-25(38)23(35-29(42)46-16-19-8-12-21(13-9-19)37(44)45)20-10-14-22(15-11-20)48-30(43)47-17-18-6-4-3-5-7-18/h3-15,23-24,27H,16-17,33H2,1-2H3,(H,34,38)(H,35,42)(H,40,41)/t23?,24-,27+,32-/m0/s1. The number of thioether (sulfide) groups is 1. The molecule has 0 radical (unpaired) electrons. The Morgan fingerprint density at radius 2 is 1.59 bits per heavy atom. The van der Waals surface area contributed by atoms with E-state index in [1.54, 1.807) is 38.1 Å². The lowest BCUT2D eigenvalue weighted by Gasteiger charge is -2.48. The van der Waals surface area contributed by atoms with Crippen molar-refractivity contribution in [2.75, 3.05) is 0 Å². The number of hydrogen-bond acceptors (Lipinski definition) is 12. The summed E-state index contributed by atoms with van der Waals surface area (Å²) in [5, 5.41) is 25.0. The molecule has 3 amide bonds. The van der Waals surface area contributed by atoms with Gasteiger partial charge in [0.05, 0.1) is 9.67 Å². The monoisotopic (exact) mass is 693 g/mol. The highest BCUT2D eigenvalue weighted by Gasteiger charge is 2.71. The van der Waals surface area contributed by atoms with Crippen LogP contribution >= 0.6 is 11.8 Å². The molecule has 49 heavy (non-hydrogen) atoms. The Kier molecular flexibility index (Phi) is 9.77. The molecule has 0 saturated carbocycles. The molecule has 0 spiro atoms. The van der Waals surface area contributed by atoms with Gasteiger partial charge in [0, 0.05) is 12.1 Å². The molecule has 3 aromatic carbocycles. The Labute approximate surface area is 283 Å². The quantitative estimate of drug-likeness (QED) is 0.0744. The number of nitrogens with zero attached hydrogens (tertiary/aromatic N) is 2. The van der Waals surface area contributed by atoms with Gasteiger partial charge in [0.25, 0.3) is 11.6 Å². The van der Waals surface area contributed by atoms with E-state index >= 15 is 0 Å². The van der Waals surface area contributed by atoms with Crippen LogP contribution in [0.2, 0.25) is 0 Å². The number of carboxylic acid groups (broad SMARTS) is 1. The normalized spacial score (nSPS) is 21.0. The van der Waals surface area contributed by atoms with E-state index in [-0.39, 0.29) is 30.2 Å². The molecule has 4 atom stereocenters. The summed E-state index contributed by atoms with van der Waals surface area (Å²) in [6, 6.07) is 17.2. The number of hydrogen-bond donors (Lipinski definition) is 4. The second kappa shape index (κ2) is 13.8. The van der Waals surface area contributed by atoms with Crippen molar-refractivity contribution in [3.8, 4) is 5.75 Å². The Bertz CT molecular complexity index is 1770. The molecule has 17 heteroatoms. The molecular formula is C32H31N5O11S. The molecule has 2 aliphatic rings. The lowest BCUT2D eigenvalue weighted by Crippen LogP contribution is -2.79. The van der Waals surface area contributed by atoms with Crippen LogP contribution in [-0.4, -0.2) is 66.8 Å². The summed E-state index contributed by atoms with van der Waals surface area (Å²) in [6.07, 6.45) is -2.01. The second-order valence-corrected chi connectivity index (χ2v) is 13.3. The van der Waals surface area contributed by atoms with E-state index in [1.165, 1.54) is 48.5 Å². The molecule has 0 aromatic heterocycles. The third kappa shape index (κ3) is 7.12. The van der Waals surface area contributed by atoms with E-state index in [1.807, 2.05) is 6.07 Å². The van der Waals surface area contributed by atoms with Crippen LogP contribution < -0.4 is 21.1 Å². The number of nitrogens with two attached hydrogens (primary N) is 1. The summed E-state index contributed by atoms with van der Waals surface area (Å²) in [5.41, 5.74) is 5.42. The molecule has 256 valence electrons. The van der Waals surface area contributed by atoms with Gasteiger partial charge in [0.2, 0.25) is 11.6 Å². The maximum Gasteiger partial charge on any atom is 0.514 e. The summed E-state index contributed by atoms with van der Waals surface area (Å²) >= 11 is 1.12. The minimum Gasteiger partial charge on any atom is -0.478 e. The van der Waals surface area contributed by atoms with Gasteiger partial charge < -0.3 is 30.0 Å². The van der Waals surface area contributed by atoms with Crippen LogP contribution in [0.4, 0.5) is 15.3 Å². The highest BCUT2D eigenvalue weighted by Crippen LogP contribution is 2.54. The van der Waals surface area contributed by atoms with Gasteiger partial charge in [-0.2, -0.15) is 0 Å². The van der Waals surface area contributed by atoms with Gasteiger partial charge in [-0.05, 0) is 54.8 Å². The highest BCUT2D eigenvalue weighted by atomic mass is 32.2. The first kappa shape index (κ1) is 34.6. The summed E-state index contributed by atoms with van der Waals surface area (Å²) in [5.74, 6) is -2.86. The van der Waals surface area contributed by atoms with Crippen molar-refractivity contribution in [2.24, 2.45) is 5.73 Å². The lowest BCUT2D eigenvalue weighted by atomic mass is 9.89. The number of alkyl carbamates (subject to hydrolysis) is 1. The largest absolute Gasteiger partial charge is 0.514 e. The van der Waals surface area contributed by atoms with Gasteiger partial charge >= 0.3 is 18.2 Å². The van der Waals surface area contributed by atoms with Gasteiger partial charge in [-0.1, -0.05) is 42.5 Å². The summed E-state index contributed by atoms with van der Waals surface area (Å²) in [6.45, 7) is 2.87. The van der Waals surface area contributed by atoms with Crippen molar-refractivity contribution in [3.05, 3.63) is 106 Å². The second-order valence-electron chi connectivity index (χ2n) is 11.6. The third-order valence-corrected chi connectivity index (χ3v) is 9.66. The van der Waals surface area contributed by atoms with Crippen LogP contribution in [0.3, 0.4) is 0 Å². The van der Waals surface area contributed by atoms with Crippen LogP contribution in [0.5, 0.6) is 5.75 Å². The van der Waals surface area contributed by atoms with Gasteiger partial charge in [-0.15, -0.1) is 11.8 Å². The number of nitro groups is 1. The van der Waals surface area contributed by atoms with Crippen molar-refractivity contribution in [1.29, 1.82) is 0 Å². The zero-order valence-corrected chi connectivity index (χ0v) is 26.9. The molecule has 5 N–H and O–H groups in total. The smallest absolute Gasteiger partial charge is 0.478 e. The highest BCUT2D eigenvalue weighted by molar-refractivity contribution is 8.01. The van der Waals surface area contributed by atoms with E-state index in [2.05, 4.69) is 10.6 Å². The van der Waals surface area contributed by atoms with Crippen molar-refractivity contribution >= 4 is 47.5 Å².